The molecule has 0 bridgehead atoms. The van der Waals surface area contributed by atoms with E-state index >= 15 is 0 Å². The Morgan fingerprint density at radius 1 is 1.39 bits per heavy atom. The first-order valence-electron chi connectivity index (χ1n) is 6.17. The van der Waals surface area contributed by atoms with E-state index < -0.39 is 0 Å². The zero-order valence-corrected chi connectivity index (χ0v) is 10.7. The van der Waals surface area contributed by atoms with E-state index in [9.17, 15) is 0 Å². The first-order valence-corrected chi connectivity index (χ1v) is 6.17. The molecule has 4 heteroatoms. The molecule has 0 aliphatic carbocycles. The van der Waals surface area contributed by atoms with Gasteiger partial charge in [0.25, 0.3) is 0 Å². The lowest BCUT2D eigenvalue weighted by Crippen LogP contribution is -2.31. The number of nitrogens with one attached hydrogen (secondary N) is 1. The van der Waals surface area contributed by atoms with Gasteiger partial charge >= 0.3 is 0 Å². The van der Waals surface area contributed by atoms with Crippen LogP contribution in [0.2, 0.25) is 0 Å². The average molecular weight is 243 g/mol. The molecule has 0 fully saturated rings. The molecule has 2 aromatic rings. The number of benzene rings is 1. The van der Waals surface area contributed by atoms with Crippen molar-refractivity contribution in [3.8, 4) is 5.75 Å². The highest BCUT2D eigenvalue weighted by Crippen LogP contribution is 2.30. The number of aromatic nitrogens is 2. The summed E-state index contributed by atoms with van der Waals surface area (Å²) in [5.74, 6) is 0.930. The van der Waals surface area contributed by atoms with E-state index in [0.29, 0.717) is 0 Å². The number of hydrogen-bond acceptors (Lipinski definition) is 3. The quantitative estimate of drug-likeness (QED) is 0.872. The van der Waals surface area contributed by atoms with Gasteiger partial charge < -0.3 is 10.1 Å². The maximum absolute atomic E-state index is 5.29. The van der Waals surface area contributed by atoms with Crippen LogP contribution in [-0.4, -0.2) is 23.4 Å². The first-order chi connectivity index (χ1) is 8.79. The third-order valence-electron chi connectivity index (χ3n) is 3.56. The Labute approximate surface area is 107 Å². The van der Waals surface area contributed by atoms with Crippen molar-refractivity contribution in [2.45, 2.75) is 12.5 Å². The van der Waals surface area contributed by atoms with Gasteiger partial charge in [0.1, 0.15) is 5.75 Å². The second-order valence-corrected chi connectivity index (χ2v) is 4.58. The van der Waals surface area contributed by atoms with E-state index in [1.807, 2.05) is 24.0 Å². The zero-order chi connectivity index (χ0) is 12.5. The summed E-state index contributed by atoms with van der Waals surface area (Å²) in [4.78, 5) is 0. The van der Waals surface area contributed by atoms with Crippen LogP contribution in [0.3, 0.4) is 0 Å². The van der Waals surface area contributed by atoms with E-state index in [0.717, 1.165) is 18.7 Å². The van der Waals surface area contributed by atoms with E-state index in [4.69, 9.17) is 4.74 Å². The molecule has 0 radical (unpaired) electrons. The van der Waals surface area contributed by atoms with E-state index in [1.165, 1.54) is 16.8 Å². The summed E-state index contributed by atoms with van der Waals surface area (Å²) in [6, 6.07) is 8.61. The molecule has 0 amide bonds. The van der Waals surface area contributed by atoms with Crippen LogP contribution >= 0.6 is 0 Å². The Balaban J connectivity index is 2.05. The Morgan fingerprint density at radius 2 is 2.28 bits per heavy atom. The van der Waals surface area contributed by atoms with E-state index in [2.05, 4.69) is 28.6 Å². The van der Waals surface area contributed by atoms with Crippen molar-refractivity contribution in [2.24, 2.45) is 7.05 Å². The fourth-order valence-electron chi connectivity index (χ4n) is 2.60. The second kappa shape index (κ2) is 4.46. The van der Waals surface area contributed by atoms with Gasteiger partial charge in [0.05, 0.1) is 18.8 Å². The Kier molecular flexibility index (Phi) is 2.80. The molecule has 1 aliphatic rings. The van der Waals surface area contributed by atoms with Crippen molar-refractivity contribution in [1.82, 2.24) is 15.1 Å². The summed E-state index contributed by atoms with van der Waals surface area (Å²) in [6.07, 6.45) is 2.88. The van der Waals surface area contributed by atoms with Crippen molar-refractivity contribution in [1.29, 1.82) is 0 Å². The van der Waals surface area contributed by atoms with Crippen molar-refractivity contribution in [2.75, 3.05) is 13.7 Å². The van der Waals surface area contributed by atoms with Crippen molar-refractivity contribution < 1.29 is 4.74 Å². The molecular weight excluding hydrogens is 226 g/mol. The van der Waals surface area contributed by atoms with Crippen LogP contribution in [0.4, 0.5) is 0 Å². The van der Waals surface area contributed by atoms with Crippen LogP contribution in [0.5, 0.6) is 5.75 Å². The van der Waals surface area contributed by atoms with Crippen LogP contribution in [0, 0.1) is 0 Å². The van der Waals surface area contributed by atoms with Gasteiger partial charge in [-0.2, -0.15) is 5.10 Å². The highest BCUT2D eigenvalue weighted by molar-refractivity contribution is 5.42. The molecule has 3 rings (SSSR count). The molecule has 18 heavy (non-hydrogen) atoms. The van der Waals surface area contributed by atoms with Gasteiger partial charge in [-0.05, 0) is 35.7 Å². The maximum atomic E-state index is 5.29. The molecule has 1 N–H and O–H groups in total. The normalized spacial score (nSPS) is 18.4. The number of hydrogen-bond donors (Lipinski definition) is 1. The van der Waals surface area contributed by atoms with Crippen LogP contribution < -0.4 is 10.1 Å². The van der Waals surface area contributed by atoms with Gasteiger partial charge in [-0.1, -0.05) is 6.07 Å². The number of rotatable bonds is 2. The predicted molar refractivity (Wildman–Crippen MR) is 69.8 cm³/mol. The van der Waals surface area contributed by atoms with Crippen molar-refractivity contribution >= 4 is 0 Å². The lowest BCUT2D eigenvalue weighted by molar-refractivity contribution is 0.413. The molecule has 1 aromatic heterocycles. The van der Waals surface area contributed by atoms with Gasteiger partial charge in [-0.25, -0.2) is 0 Å². The minimum atomic E-state index is 0.229. The van der Waals surface area contributed by atoms with Gasteiger partial charge in [0.2, 0.25) is 0 Å². The highest BCUT2D eigenvalue weighted by Gasteiger charge is 2.23. The summed E-state index contributed by atoms with van der Waals surface area (Å²) in [5.41, 5.74) is 3.88. The first kappa shape index (κ1) is 11.3. The number of ether oxygens (including phenoxy) is 1. The lowest BCUT2D eigenvalue weighted by Gasteiger charge is -2.27. The molecule has 94 valence electrons. The summed E-state index contributed by atoms with van der Waals surface area (Å²) in [6.45, 7) is 0.982. The van der Waals surface area contributed by atoms with Gasteiger partial charge in [0, 0.05) is 19.8 Å². The molecule has 0 saturated heterocycles. The van der Waals surface area contributed by atoms with E-state index in [-0.39, 0.29) is 6.04 Å². The Morgan fingerprint density at radius 3 is 3.00 bits per heavy atom. The fraction of sp³-hybridized carbons (Fsp3) is 0.357. The van der Waals surface area contributed by atoms with Crippen LogP contribution in [0.25, 0.3) is 0 Å². The lowest BCUT2D eigenvalue weighted by atomic mass is 9.92. The topological polar surface area (TPSA) is 39.1 Å². The fourth-order valence-corrected chi connectivity index (χ4v) is 2.60. The minimum absolute atomic E-state index is 0.229. The maximum Gasteiger partial charge on any atom is 0.119 e. The molecule has 1 unspecified atom stereocenters. The standard InChI is InChI=1S/C14H17N3O/c1-17-13(6-8-16-17)14-12-4-3-11(18-2)9-10(12)5-7-15-14/h3-4,6,8-9,14-15H,5,7H2,1-2H3. The van der Waals surface area contributed by atoms with Gasteiger partial charge in [0.15, 0.2) is 0 Å². The van der Waals surface area contributed by atoms with E-state index in [1.54, 1.807) is 7.11 Å². The molecule has 4 nitrogen and oxygen atoms in total. The molecule has 0 spiro atoms. The molecule has 1 aliphatic heterocycles. The summed E-state index contributed by atoms with van der Waals surface area (Å²) < 4.78 is 7.22. The number of aryl methyl sites for hydroxylation is 1. The number of methoxy groups -OCH3 is 1. The van der Waals surface area contributed by atoms with Crippen LogP contribution in [-0.2, 0) is 13.5 Å². The predicted octanol–water partition coefficient (Wildman–Crippen LogP) is 1.66. The largest absolute Gasteiger partial charge is 0.497 e. The molecule has 0 saturated carbocycles. The Bertz CT molecular complexity index is 562. The summed E-state index contributed by atoms with van der Waals surface area (Å²) in [7, 11) is 3.69. The van der Waals surface area contributed by atoms with Crippen LogP contribution in [0.15, 0.2) is 30.5 Å². The van der Waals surface area contributed by atoms with Gasteiger partial charge in [-0.3, -0.25) is 4.68 Å². The molecule has 1 aromatic carbocycles. The monoisotopic (exact) mass is 243 g/mol. The Hall–Kier alpha value is -1.81. The third-order valence-corrected chi connectivity index (χ3v) is 3.56. The van der Waals surface area contributed by atoms with Crippen LogP contribution in [0.1, 0.15) is 22.9 Å². The average Bonchev–Trinajstić information content (AvgIpc) is 2.83. The molecule has 1 atom stereocenters. The second-order valence-electron chi connectivity index (χ2n) is 4.58. The van der Waals surface area contributed by atoms with Crippen molar-refractivity contribution in [3.05, 3.63) is 47.3 Å². The number of fused-ring (bicyclic) bond motifs is 1. The molecule has 2 heterocycles. The zero-order valence-electron chi connectivity index (χ0n) is 10.7. The van der Waals surface area contributed by atoms with Crippen molar-refractivity contribution in [3.63, 3.8) is 0 Å². The van der Waals surface area contributed by atoms with Gasteiger partial charge in [-0.15, -0.1) is 0 Å². The highest BCUT2D eigenvalue weighted by atomic mass is 16.5. The summed E-state index contributed by atoms with van der Waals surface area (Å²) in [5, 5.41) is 7.80. The smallest absolute Gasteiger partial charge is 0.119 e. The summed E-state index contributed by atoms with van der Waals surface area (Å²) >= 11 is 0. The number of nitrogens with zero attached hydrogens (tertiary/aromatic N) is 2. The third kappa shape index (κ3) is 1.78. The minimum Gasteiger partial charge on any atom is -0.497 e. The molecular formula is C14H17N3O. The SMILES string of the molecule is COc1ccc2c(c1)CCNC2c1ccnn1C.